The topological polar surface area (TPSA) is 58.4 Å². The van der Waals surface area contributed by atoms with E-state index in [1.807, 2.05) is 0 Å². The fraction of sp³-hybridized carbons (Fsp3) is 0.933. The van der Waals surface area contributed by atoms with Crippen LogP contribution in [0.1, 0.15) is 52.9 Å². The second-order valence-electron chi connectivity index (χ2n) is 6.30. The zero-order valence-corrected chi connectivity index (χ0v) is 12.6. The third-order valence-corrected chi connectivity index (χ3v) is 5.06. The number of nitrogens with zero attached hydrogens (tertiary/aromatic N) is 1. The first-order valence-corrected chi connectivity index (χ1v) is 7.85. The molecule has 1 amide bonds. The Morgan fingerprint density at radius 3 is 2.47 bits per heavy atom. The summed E-state index contributed by atoms with van der Waals surface area (Å²) in [5.41, 5.74) is 5.28. The van der Waals surface area contributed by atoms with Crippen molar-refractivity contribution in [1.29, 1.82) is 0 Å². The van der Waals surface area contributed by atoms with Crippen molar-refractivity contribution in [3.8, 4) is 0 Å². The number of amides is 1. The minimum atomic E-state index is -0.499. The van der Waals surface area contributed by atoms with Gasteiger partial charge in [-0.1, -0.05) is 13.8 Å². The number of nitrogens with one attached hydrogen (secondary N) is 1. The Morgan fingerprint density at radius 2 is 2.00 bits per heavy atom. The molecule has 0 aromatic rings. The van der Waals surface area contributed by atoms with Gasteiger partial charge < -0.3 is 11.1 Å². The molecule has 3 unspecified atom stereocenters. The molecule has 2 aliphatic rings. The van der Waals surface area contributed by atoms with Gasteiger partial charge in [0.2, 0.25) is 5.91 Å². The lowest BCUT2D eigenvalue weighted by molar-refractivity contribution is -0.126. The summed E-state index contributed by atoms with van der Waals surface area (Å²) < 4.78 is 0. The first kappa shape index (κ1) is 14.8. The molecule has 0 aromatic carbocycles. The molecule has 0 spiro atoms. The summed E-state index contributed by atoms with van der Waals surface area (Å²) in [5, 5.41) is 3.43. The second kappa shape index (κ2) is 5.80. The monoisotopic (exact) mass is 267 g/mol. The molecule has 1 saturated carbocycles. The normalized spacial score (nSPS) is 31.3. The Bertz CT molecular complexity index is 329. The summed E-state index contributed by atoms with van der Waals surface area (Å²) in [6.45, 7) is 8.18. The maximum Gasteiger partial charge on any atom is 0.239 e. The fourth-order valence-corrected chi connectivity index (χ4v) is 3.72. The summed E-state index contributed by atoms with van der Waals surface area (Å²) in [5.74, 6) is 0.279. The summed E-state index contributed by atoms with van der Waals surface area (Å²) >= 11 is 0. The molecular formula is C15H29N3O. The van der Waals surface area contributed by atoms with E-state index in [-0.39, 0.29) is 5.91 Å². The van der Waals surface area contributed by atoms with Crippen LogP contribution in [0.15, 0.2) is 0 Å². The van der Waals surface area contributed by atoms with E-state index in [0.717, 1.165) is 32.4 Å². The van der Waals surface area contributed by atoms with Crippen molar-refractivity contribution in [1.82, 2.24) is 10.2 Å². The average molecular weight is 267 g/mol. The molecule has 1 saturated heterocycles. The van der Waals surface area contributed by atoms with E-state index in [1.165, 1.54) is 12.8 Å². The molecule has 4 nitrogen and oxygen atoms in total. The minimum absolute atomic E-state index is 0.161. The molecule has 3 atom stereocenters. The van der Waals surface area contributed by atoms with Crippen molar-refractivity contribution in [2.75, 3.05) is 13.1 Å². The van der Waals surface area contributed by atoms with Crippen LogP contribution in [-0.2, 0) is 4.79 Å². The van der Waals surface area contributed by atoms with E-state index in [0.29, 0.717) is 18.0 Å². The first-order valence-electron chi connectivity index (χ1n) is 7.85. The number of hydrogen-bond acceptors (Lipinski definition) is 3. The van der Waals surface area contributed by atoms with E-state index in [4.69, 9.17) is 5.73 Å². The van der Waals surface area contributed by atoms with Gasteiger partial charge in [-0.2, -0.15) is 0 Å². The van der Waals surface area contributed by atoms with Crippen molar-refractivity contribution in [2.45, 2.75) is 70.5 Å². The molecule has 2 rings (SSSR count). The summed E-state index contributed by atoms with van der Waals surface area (Å²) in [7, 11) is 0. The number of rotatable bonds is 7. The van der Waals surface area contributed by atoms with E-state index < -0.39 is 5.54 Å². The Labute approximate surface area is 117 Å². The zero-order chi connectivity index (χ0) is 14.0. The van der Waals surface area contributed by atoms with Crippen LogP contribution in [-0.4, -0.2) is 41.5 Å². The molecule has 1 aliphatic heterocycles. The van der Waals surface area contributed by atoms with E-state index in [9.17, 15) is 4.79 Å². The lowest BCUT2D eigenvalue weighted by atomic mass is 9.90. The molecule has 1 heterocycles. The largest absolute Gasteiger partial charge is 0.368 e. The number of carbonyl (C=O) groups excluding carboxylic acids is 1. The highest BCUT2D eigenvalue weighted by Gasteiger charge is 2.51. The van der Waals surface area contributed by atoms with Crippen molar-refractivity contribution in [3.05, 3.63) is 0 Å². The number of likely N-dealkylation sites (tertiary alicyclic amines) is 1. The van der Waals surface area contributed by atoms with Crippen molar-refractivity contribution in [2.24, 2.45) is 11.7 Å². The van der Waals surface area contributed by atoms with Gasteiger partial charge in [0.25, 0.3) is 0 Å². The molecule has 0 radical (unpaired) electrons. The molecule has 110 valence electrons. The van der Waals surface area contributed by atoms with Gasteiger partial charge in [0, 0.05) is 18.6 Å². The number of hydrogen-bond donors (Lipinski definition) is 2. The predicted molar refractivity (Wildman–Crippen MR) is 77.8 cm³/mol. The molecule has 1 aliphatic carbocycles. The minimum Gasteiger partial charge on any atom is -0.368 e. The Hall–Kier alpha value is -0.610. The van der Waals surface area contributed by atoms with Gasteiger partial charge in [0.1, 0.15) is 5.54 Å². The van der Waals surface area contributed by atoms with Crippen LogP contribution in [0.25, 0.3) is 0 Å². The van der Waals surface area contributed by atoms with Gasteiger partial charge in [-0.15, -0.1) is 0 Å². The van der Waals surface area contributed by atoms with Crippen LogP contribution in [0.3, 0.4) is 0 Å². The van der Waals surface area contributed by atoms with E-state index >= 15 is 0 Å². The van der Waals surface area contributed by atoms with Crippen LogP contribution in [0.5, 0.6) is 0 Å². The number of likely N-dealkylation sites (N-methyl/N-ethyl adjacent to an activating group) is 1. The fourth-order valence-electron chi connectivity index (χ4n) is 3.72. The van der Waals surface area contributed by atoms with Crippen LogP contribution in [0, 0.1) is 5.92 Å². The maximum absolute atomic E-state index is 12.1. The molecular weight excluding hydrogens is 238 g/mol. The van der Waals surface area contributed by atoms with Gasteiger partial charge in [-0.25, -0.2) is 0 Å². The summed E-state index contributed by atoms with van der Waals surface area (Å²) in [6, 6.07) is 1.19. The summed E-state index contributed by atoms with van der Waals surface area (Å²) in [4.78, 5) is 14.6. The van der Waals surface area contributed by atoms with Gasteiger partial charge in [-0.3, -0.25) is 9.69 Å². The Balaban J connectivity index is 2.17. The van der Waals surface area contributed by atoms with Crippen LogP contribution >= 0.6 is 0 Å². The highest BCUT2D eigenvalue weighted by molar-refractivity contribution is 5.86. The third-order valence-electron chi connectivity index (χ3n) is 5.06. The molecule has 3 N–H and O–H groups in total. The summed E-state index contributed by atoms with van der Waals surface area (Å²) in [6.07, 6.45) is 5.92. The van der Waals surface area contributed by atoms with Gasteiger partial charge in [0.15, 0.2) is 0 Å². The molecule has 4 heteroatoms. The quantitative estimate of drug-likeness (QED) is 0.735. The van der Waals surface area contributed by atoms with Crippen molar-refractivity contribution < 1.29 is 4.79 Å². The van der Waals surface area contributed by atoms with Crippen LogP contribution in [0.2, 0.25) is 0 Å². The Kier molecular flexibility index (Phi) is 4.51. The smallest absolute Gasteiger partial charge is 0.239 e. The average Bonchev–Trinajstić information content (AvgIpc) is 3.16. The van der Waals surface area contributed by atoms with Crippen molar-refractivity contribution in [3.63, 3.8) is 0 Å². The SMILES string of the molecule is CCNC(CN1C(C)CCC1CC)(C(N)=O)C1CC1. The van der Waals surface area contributed by atoms with E-state index in [2.05, 4.69) is 31.0 Å². The predicted octanol–water partition coefficient (Wildman–Crippen LogP) is 1.49. The highest BCUT2D eigenvalue weighted by atomic mass is 16.1. The van der Waals surface area contributed by atoms with Crippen LogP contribution in [0.4, 0.5) is 0 Å². The molecule has 19 heavy (non-hydrogen) atoms. The number of carbonyl (C=O) groups is 1. The zero-order valence-electron chi connectivity index (χ0n) is 12.6. The molecule has 0 bridgehead atoms. The lowest BCUT2D eigenvalue weighted by Gasteiger charge is -2.39. The lowest BCUT2D eigenvalue weighted by Crippen LogP contribution is -2.64. The number of nitrogens with two attached hydrogens (primary N) is 1. The standard InChI is InChI=1S/C15H29N3O/c1-4-13-9-6-11(3)18(13)10-15(14(16)19,17-5-2)12-7-8-12/h11-13,17H,4-10H2,1-3H3,(H2,16,19). The van der Waals surface area contributed by atoms with Gasteiger partial charge in [0.05, 0.1) is 0 Å². The number of primary amides is 1. The molecule has 0 aromatic heterocycles. The third kappa shape index (κ3) is 2.79. The van der Waals surface area contributed by atoms with Gasteiger partial charge >= 0.3 is 0 Å². The van der Waals surface area contributed by atoms with Crippen LogP contribution < -0.4 is 11.1 Å². The molecule has 2 fully saturated rings. The van der Waals surface area contributed by atoms with Crippen molar-refractivity contribution >= 4 is 5.91 Å². The Morgan fingerprint density at radius 1 is 1.32 bits per heavy atom. The first-order chi connectivity index (χ1) is 9.05. The van der Waals surface area contributed by atoms with E-state index in [1.54, 1.807) is 0 Å². The highest BCUT2D eigenvalue weighted by Crippen LogP contribution is 2.41. The maximum atomic E-state index is 12.1. The van der Waals surface area contributed by atoms with Gasteiger partial charge in [-0.05, 0) is 51.5 Å². The second-order valence-corrected chi connectivity index (χ2v) is 6.30.